The molecule has 230 valence electrons. The van der Waals surface area contributed by atoms with Gasteiger partial charge in [0, 0.05) is 35.1 Å². The van der Waals surface area contributed by atoms with Crippen LogP contribution in [0.25, 0.3) is 0 Å². The van der Waals surface area contributed by atoms with Gasteiger partial charge in [-0.2, -0.15) is 0 Å². The van der Waals surface area contributed by atoms with Crippen LogP contribution in [0.2, 0.25) is 5.02 Å². The van der Waals surface area contributed by atoms with Crippen molar-refractivity contribution in [2.24, 2.45) is 0 Å². The van der Waals surface area contributed by atoms with Gasteiger partial charge in [0.05, 0.1) is 16.4 Å². The number of amides is 3. The standard InChI is InChI=1S/C34H48ClN3O4/c1-4-5-6-7-8-9-10-11-12-13-14-15-16-20-28(39)36-25-19-17-18-24(21-25)33(42)37-27-22-26(35)31-30(32(27)41)34(2,3)23-29(40)38-31/h17-19,21-22,41H,4-16,20,23H2,1-3H3,(H,36,39)(H,37,42)(H,38,40). The van der Waals surface area contributed by atoms with Crippen LogP contribution in [0.5, 0.6) is 5.75 Å². The summed E-state index contributed by atoms with van der Waals surface area (Å²) in [5.41, 5.74) is 1.21. The molecule has 7 nitrogen and oxygen atoms in total. The van der Waals surface area contributed by atoms with E-state index in [1.165, 1.54) is 70.3 Å². The first kappa shape index (κ1) is 33.4. The highest BCUT2D eigenvalue weighted by Crippen LogP contribution is 2.49. The number of hydrogen-bond donors (Lipinski definition) is 4. The van der Waals surface area contributed by atoms with E-state index >= 15 is 0 Å². The van der Waals surface area contributed by atoms with E-state index in [0.717, 1.165) is 19.3 Å². The molecule has 8 heteroatoms. The molecular weight excluding hydrogens is 550 g/mol. The number of hydrogen-bond acceptors (Lipinski definition) is 4. The Hall–Kier alpha value is -3.06. The van der Waals surface area contributed by atoms with Crippen LogP contribution in [-0.4, -0.2) is 22.8 Å². The van der Waals surface area contributed by atoms with Crippen LogP contribution >= 0.6 is 11.6 Å². The number of nitrogens with one attached hydrogen (secondary N) is 3. The number of benzene rings is 2. The number of phenols is 1. The molecule has 0 unspecified atom stereocenters. The van der Waals surface area contributed by atoms with Gasteiger partial charge in [0.25, 0.3) is 5.91 Å². The lowest BCUT2D eigenvalue weighted by atomic mass is 9.77. The van der Waals surface area contributed by atoms with Gasteiger partial charge >= 0.3 is 0 Å². The number of rotatable bonds is 17. The highest BCUT2D eigenvalue weighted by Gasteiger charge is 2.37. The molecule has 0 radical (unpaired) electrons. The Kier molecular flexibility index (Phi) is 13.2. The molecule has 0 atom stereocenters. The zero-order chi connectivity index (χ0) is 30.5. The summed E-state index contributed by atoms with van der Waals surface area (Å²) in [6, 6.07) is 8.12. The summed E-state index contributed by atoms with van der Waals surface area (Å²) >= 11 is 6.41. The molecule has 0 aromatic heterocycles. The molecule has 3 rings (SSSR count). The fourth-order valence-corrected chi connectivity index (χ4v) is 5.90. The molecule has 0 fully saturated rings. The Bertz CT molecular complexity index is 1230. The maximum Gasteiger partial charge on any atom is 0.255 e. The van der Waals surface area contributed by atoms with Gasteiger partial charge in [-0.05, 0) is 30.7 Å². The molecule has 4 N–H and O–H groups in total. The summed E-state index contributed by atoms with van der Waals surface area (Å²) in [6.45, 7) is 5.94. The van der Waals surface area contributed by atoms with Crippen molar-refractivity contribution in [3.05, 3.63) is 46.5 Å². The van der Waals surface area contributed by atoms with Crippen LogP contribution < -0.4 is 16.0 Å². The third-order valence-electron chi connectivity index (χ3n) is 7.96. The molecule has 42 heavy (non-hydrogen) atoms. The van der Waals surface area contributed by atoms with Crippen LogP contribution in [0.4, 0.5) is 17.1 Å². The van der Waals surface area contributed by atoms with Gasteiger partial charge in [0.2, 0.25) is 11.8 Å². The van der Waals surface area contributed by atoms with Crippen LogP contribution in [0.3, 0.4) is 0 Å². The fourth-order valence-electron chi connectivity index (χ4n) is 5.65. The number of carbonyl (C=O) groups is 3. The quantitative estimate of drug-likeness (QED) is 0.108. The first-order chi connectivity index (χ1) is 20.1. The Morgan fingerprint density at radius 1 is 0.905 bits per heavy atom. The lowest BCUT2D eigenvalue weighted by molar-refractivity contribution is -0.118. The lowest BCUT2D eigenvalue weighted by Crippen LogP contribution is -2.33. The summed E-state index contributed by atoms with van der Waals surface area (Å²) in [7, 11) is 0. The number of fused-ring (bicyclic) bond motifs is 1. The maximum atomic E-state index is 13.1. The third kappa shape index (κ3) is 10.0. The number of carbonyl (C=O) groups excluding carboxylic acids is 3. The number of phenolic OH excluding ortho intramolecular Hbond substituents is 1. The van der Waals surface area contributed by atoms with Gasteiger partial charge in [0.15, 0.2) is 0 Å². The van der Waals surface area contributed by atoms with Crippen molar-refractivity contribution in [2.45, 2.75) is 122 Å². The summed E-state index contributed by atoms with van der Waals surface area (Å²) in [4.78, 5) is 37.6. The molecule has 0 saturated heterocycles. The minimum Gasteiger partial charge on any atom is -0.505 e. The topological polar surface area (TPSA) is 108 Å². The molecule has 0 spiro atoms. The second kappa shape index (κ2) is 16.5. The minimum absolute atomic E-state index is 0.0703. The first-order valence-corrected chi connectivity index (χ1v) is 16.1. The zero-order valence-corrected chi connectivity index (χ0v) is 26.3. The molecule has 0 saturated carbocycles. The lowest BCUT2D eigenvalue weighted by Gasteiger charge is -2.34. The average Bonchev–Trinajstić information content (AvgIpc) is 2.93. The smallest absolute Gasteiger partial charge is 0.255 e. The van der Waals surface area contributed by atoms with Crippen molar-refractivity contribution in [1.82, 2.24) is 0 Å². The van der Waals surface area contributed by atoms with Crippen molar-refractivity contribution in [3.8, 4) is 5.75 Å². The first-order valence-electron chi connectivity index (χ1n) is 15.7. The van der Waals surface area contributed by atoms with Crippen LogP contribution in [0.1, 0.15) is 133 Å². The summed E-state index contributed by atoms with van der Waals surface area (Å²) in [5, 5.41) is 19.6. The number of unbranched alkanes of at least 4 members (excludes halogenated alkanes) is 12. The average molecular weight is 598 g/mol. The number of aromatic hydroxyl groups is 1. The molecule has 1 aliphatic heterocycles. The monoisotopic (exact) mass is 597 g/mol. The Labute approximate surface area is 256 Å². The van der Waals surface area contributed by atoms with E-state index in [4.69, 9.17) is 11.6 Å². The fraction of sp³-hybridized carbons (Fsp3) is 0.559. The second-order valence-corrected chi connectivity index (χ2v) is 12.6. The maximum absolute atomic E-state index is 13.1. The van der Waals surface area contributed by atoms with Crippen LogP contribution in [0.15, 0.2) is 30.3 Å². The number of anilines is 3. The van der Waals surface area contributed by atoms with Crippen molar-refractivity contribution >= 4 is 46.4 Å². The largest absolute Gasteiger partial charge is 0.505 e. The van der Waals surface area contributed by atoms with Gasteiger partial charge in [-0.25, -0.2) is 0 Å². The van der Waals surface area contributed by atoms with E-state index in [1.807, 2.05) is 13.8 Å². The van der Waals surface area contributed by atoms with Gasteiger partial charge in [0.1, 0.15) is 5.75 Å². The van der Waals surface area contributed by atoms with Gasteiger partial charge in [-0.15, -0.1) is 0 Å². The van der Waals surface area contributed by atoms with Crippen LogP contribution in [0, 0.1) is 0 Å². The molecule has 3 amide bonds. The van der Waals surface area contributed by atoms with Crippen molar-refractivity contribution in [1.29, 1.82) is 0 Å². The van der Waals surface area contributed by atoms with E-state index in [9.17, 15) is 19.5 Å². The predicted molar refractivity (Wildman–Crippen MR) is 173 cm³/mol. The molecule has 2 aromatic carbocycles. The summed E-state index contributed by atoms with van der Waals surface area (Å²) in [5.74, 6) is -0.834. The summed E-state index contributed by atoms with van der Waals surface area (Å²) in [6.07, 6.45) is 17.0. The number of halogens is 1. The van der Waals surface area contributed by atoms with Gasteiger partial charge < -0.3 is 21.1 Å². The van der Waals surface area contributed by atoms with E-state index in [1.54, 1.807) is 24.3 Å². The third-order valence-corrected chi connectivity index (χ3v) is 8.26. The highest BCUT2D eigenvalue weighted by molar-refractivity contribution is 6.35. The van der Waals surface area contributed by atoms with Crippen molar-refractivity contribution < 1.29 is 19.5 Å². The van der Waals surface area contributed by atoms with E-state index < -0.39 is 11.3 Å². The van der Waals surface area contributed by atoms with Crippen LogP contribution in [-0.2, 0) is 15.0 Å². The summed E-state index contributed by atoms with van der Waals surface area (Å²) < 4.78 is 0. The van der Waals surface area contributed by atoms with E-state index in [0.29, 0.717) is 28.9 Å². The Morgan fingerprint density at radius 2 is 1.50 bits per heavy atom. The second-order valence-electron chi connectivity index (χ2n) is 12.2. The molecule has 1 heterocycles. The van der Waals surface area contributed by atoms with Gasteiger partial charge in [-0.1, -0.05) is 115 Å². The van der Waals surface area contributed by atoms with E-state index in [-0.39, 0.29) is 34.7 Å². The zero-order valence-electron chi connectivity index (χ0n) is 25.5. The Balaban J connectivity index is 1.41. The predicted octanol–water partition coefficient (Wildman–Crippen LogP) is 9.34. The molecular formula is C34H48ClN3O4. The SMILES string of the molecule is CCCCCCCCCCCCCCCC(=O)Nc1cccc(C(=O)Nc2cc(Cl)c3c(c2O)C(C)(C)CC(=O)N3)c1. The van der Waals surface area contributed by atoms with Gasteiger partial charge in [-0.3, -0.25) is 14.4 Å². The Morgan fingerprint density at radius 3 is 2.12 bits per heavy atom. The van der Waals surface area contributed by atoms with E-state index in [2.05, 4.69) is 22.9 Å². The molecule has 2 aromatic rings. The van der Waals surface area contributed by atoms with Crippen molar-refractivity contribution in [3.63, 3.8) is 0 Å². The normalized spacial score (nSPS) is 13.8. The van der Waals surface area contributed by atoms with Crippen molar-refractivity contribution in [2.75, 3.05) is 16.0 Å². The molecule has 0 bridgehead atoms. The molecule has 1 aliphatic rings. The minimum atomic E-state index is -0.663. The molecule has 0 aliphatic carbocycles. The highest BCUT2D eigenvalue weighted by atomic mass is 35.5.